The second-order valence-electron chi connectivity index (χ2n) is 5.25. The third kappa shape index (κ3) is 2.70. The van der Waals surface area contributed by atoms with Crippen LogP contribution in [0.25, 0.3) is 21.8 Å². The lowest BCUT2D eigenvalue weighted by Crippen LogP contribution is -2.14. The van der Waals surface area contributed by atoms with E-state index in [1.54, 1.807) is 0 Å². The molecule has 0 radical (unpaired) electrons. The zero-order chi connectivity index (χ0) is 15.9. The SMILES string of the molecule is Cc1c(F)c2c(CCCCO)nc3[nH][nH]cc3c2c(F)c1=O.Cl. The molecule has 0 unspecified atom stereocenters. The number of aromatic nitrogens is 3. The molecule has 0 atom stereocenters. The van der Waals surface area contributed by atoms with Crippen molar-refractivity contribution in [2.45, 2.75) is 26.2 Å². The molecule has 0 aliphatic heterocycles. The lowest BCUT2D eigenvalue weighted by molar-refractivity contribution is 0.284. The number of aryl methyl sites for hydroxylation is 1. The van der Waals surface area contributed by atoms with Gasteiger partial charge in [0.25, 0.3) is 0 Å². The standard InChI is InChI=1S/C15H15F2N3O2.ClH/c1-7-12(16)11-9(4-2-3-5-21)19-15-8(6-18-20-15)10(11)13(17)14(7)22;/h6,21H,2-5H2,1H3,(H2,18,19,20);1H. The molecule has 1 aromatic carbocycles. The van der Waals surface area contributed by atoms with E-state index >= 15 is 0 Å². The number of fused-ring (bicyclic) bond motifs is 3. The molecule has 0 aliphatic rings. The Kier molecular flexibility index (Phi) is 5.01. The Bertz CT molecular complexity index is 921. The van der Waals surface area contributed by atoms with Crippen molar-refractivity contribution < 1.29 is 13.9 Å². The van der Waals surface area contributed by atoms with Gasteiger partial charge in [-0.15, -0.1) is 12.4 Å². The molecule has 0 fully saturated rings. The number of aromatic amines is 2. The molecule has 5 nitrogen and oxygen atoms in total. The zero-order valence-electron chi connectivity index (χ0n) is 12.4. The van der Waals surface area contributed by atoms with Gasteiger partial charge in [-0.2, -0.15) is 0 Å². The summed E-state index contributed by atoms with van der Waals surface area (Å²) in [7, 11) is 0. The second kappa shape index (κ2) is 6.64. The minimum atomic E-state index is -0.960. The molecule has 0 saturated carbocycles. The van der Waals surface area contributed by atoms with Crippen LogP contribution in [0.5, 0.6) is 0 Å². The minimum absolute atomic E-state index is 0. The first-order valence-corrected chi connectivity index (χ1v) is 7.03. The number of hydrogen-bond acceptors (Lipinski definition) is 3. The molecule has 0 bridgehead atoms. The topological polar surface area (TPSA) is 81.8 Å². The third-order valence-corrected chi connectivity index (χ3v) is 3.85. The Labute approximate surface area is 136 Å². The van der Waals surface area contributed by atoms with Crippen molar-refractivity contribution in [2.24, 2.45) is 0 Å². The molecule has 8 heteroatoms. The van der Waals surface area contributed by atoms with Crippen molar-refractivity contribution >= 4 is 34.2 Å². The predicted octanol–water partition coefficient (Wildman–Crippen LogP) is 2.73. The monoisotopic (exact) mass is 343 g/mol. The van der Waals surface area contributed by atoms with Crippen LogP contribution in [0.1, 0.15) is 24.1 Å². The quantitative estimate of drug-likeness (QED) is 0.637. The Hall–Kier alpha value is -1.99. The first kappa shape index (κ1) is 17.4. The van der Waals surface area contributed by atoms with E-state index in [4.69, 9.17) is 5.11 Å². The van der Waals surface area contributed by atoms with E-state index in [9.17, 15) is 13.6 Å². The molecule has 0 saturated heterocycles. The van der Waals surface area contributed by atoms with Crippen LogP contribution in [-0.4, -0.2) is 26.9 Å². The van der Waals surface area contributed by atoms with E-state index in [0.717, 1.165) is 0 Å². The number of aliphatic hydroxyl groups is 1. The Morgan fingerprint density at radius 3 is 2.65 bits per heavy atom. The lowest BCUT2D eigenvalue weighted by atomic mass is 10.00. The van der Waals surface area contributed by atoms with Crippen molar-refractivity contribution in [1.29, 1.82) is 0 Å². The number of rotatable bonds is 4. The highest BCUT2D eigenvalue weighted by molar-refractivity contribution is 6.06. The molecule has 2 heterocycles. The van der Waals surface area contributed by atoms with E-state index in [2.05, 4.69) is 15.2 Å². The highest BCUT2D eigenvalue weighted by atomic mass is 35.5. The molecule has 3 aromatic rings. The maximum absolute atomic E-state index is 14.6. The number of unbranched alkanes of at least 4 members (excludes halogenated alkanes) is 1. The molecule has 3 N–H and O–H groups in total. The van der Waals surface area contributed by atoms with Crippen molar-refractivity contribution in [1.82, 2.24) is 15.2 Å². The maximum Gasteiger partial charge on any atom is 0.220 e. The van der Waals surface area contributed by atoms with E-state index in [1.165, 1.54) is 13.1 Å². The summed E-state index contributed by atoms with van der Waals surface area (Å²) in [5, 5.41) is 14.6. The van der Waals surface area contributed by atoms with Crippen LogP contribution >= 0.6 is 12.4 Å². The van der Waals surface area contributed by atoms with E-state index in [-0.39, 0.29) is 35.3 Å². The van der Waals surface area contributed by atoms with Gasteiger partial charge in [0.05, 0.1) is 5.69 Å². The number of aliphatic hydroxyl groups excluding tert-OH is 1. The van der Waals surface area contributed by atoms with Crippen molar-refractivity contribution in [3.8, 4) is 0 Å². The Balaban J connectivity index is 0.00000192. The predicted molar refractivity (Wildman–Crippen MR) is 86.1 cm³/mol. The van der Waals surface area contributed by atoms with Gasteiger partial charge in [0, 0.05) is 34.5 Å². The average Bonchev–Trinajstić information content (AvgIpc) is 2.97. The smallest absolute Gasteiger partial charge is 0.220 e. The Morgan fingerprint density at radius 1 is 1.22 bits per heavy atom. The van der Waals surface area contributed by atoms with Crippen LogP contribution < -0.4 is 5.43 Å². The van der Waals surface area contributed by atoms with Crippen LogP contribution in [0.4, 0.5) is 8.78 Å². The molecule has 23 heavy (non-hydrogen) atoms. The lowest BCUT2D eigenvalue weighted by Gasteiger charge is -2.10. The molecule has 3 rings (SSSR count). The summed E-state index contributed by atoms with van der Waals surface area (Å²) in [5.41, 5.74) is -0.423. The Morgan fingerprint density at radius 2 is 1.96 bits per heavy atom. The number of H-pyrrole nitrogens is 2. The highest BCUT2D eigenvalue weighted by Crippen LogP contribution is 2.30. The van der Waals surface area contributed by atoms with Gasteiger partial charge in [0.2, 0.25) is 5.43 Å². The van der Waals surface area contributed by atoms with Crippen molar-refractivity contribution in [3.63, 3.8) is 0 Å². The fraction of sp³-hybridized carbons (Fsp3) is 0.333. The summed E-state index contributed by atoms with van der Waals surface area (Å²) in [6.45, 7) is 1.29. The second-order valence-corrected chi connectivity index (χ2v) is 5.25. The van der Waals surface area contributed by atoms with Gasteiger partial charge in [-0.3, -0.25) is 9.89 Å². The van der Waals surface area contributed by atoms with Crippen molar-refractivity contribution in [2.75, 3.05) is 6.61 Å². The average molecular weight is 344 g/mol. The first-order valence-electron chi connectivity index (χ1n) is 7.03. The summed E-state index contributed by atoms with van der Waals surface area (Å²) < 4.78 is 29.0. The molecule has 0 spiro atoms. The molecular weight excluding hydrogens is 328 g/mol. The highest BCUT2D eigenvalue weighted by Gasteiger charge is 2.21. The largest absolute Gasteiger partial charge is 0.396 e. The maximum atomic E-state index is 14.6. The summed E-state index contributed by atoms with van der Waals surface area (Å²) in [6, 6.07) is 0. The minimum Gasteiger partial charge on any atom is -0.396 e. The van der Waals surface area contributed by atoms with Gasteiger partial charge in [0.1, 0.15) is 5.82 Å². The molecule has 0 aliphatic carbocycles. The normalized spacial score (nSPS) is 11.1. The van der Waals surface area contributed by atoms with Crippen LogP contribution in [-0.2, 0) is 6.42 Å². The van der Waals surface area contributed by atoms with E-state index in [1.807, 2.05) is 0 Å². The first-order chi connectivity index (χ1) is 10.6. The van der Waals surface area contributed by atoms with Crippen LogP contribution in [0, 0.1) is 18.6 Å². The molecule has 0 amide bonds. The number of nitrogens with zero attached hydrogens (tertiary/aromatic N) is 1. The van der Waals surface area contributed by atoms with Gasteiger partial charge in [0.15, 0.2) is 11.5 Å². The van der Waals surface area contributed by atoms with E-state index < -0.39 is 17.1 Å². The van der Waals surface area contributed by atoms with Crippen LogP contribution in [0.3, 0.4) is 0 Å². The van der Waals surface area contributed by atoms with Gasteiger partial charge in [-0.1, -0.05) is 0 Å². The van der Waals surface area contributed by atoms with Crippen molar-refractivity contribution in [3.05, 3.63) is 39.3 Å². The van der Waals surface area contributed by atoms with Crippen LogP contribution in [0.2, 0.25) is 0 Å². The molecular formula is C15H16ClF2N3O2. The van der Waals surface area contributed by atoms with E-state index in [0.29, 0.717) is 36.0 Å². The van der Waals surface area contributed by atoms with Gasteiger partial charge in [-0.05, 0) is 26.2 Å². The van der Waals surface area contributed by atoms with Gasteiger partial charge < -0.3 is 10.2 Å². The number of pyridine rings is 1. The molecule has 124 valence electrons. The molecule has 2 aromatic heterocycles. The zero-order valence-corrected chi connectivity index (χ0v) is 13.2. The number of benzene rings is 1. The fourth-order valence-corrected chi connectivity index (χ4v) is 2.68. The summed E-state index contributed by atoms with van der Waals surface area (Å²) >= 11 is 0. The number of hydrogen-bond donors (Lipinski definition) is 3. The third-order valence-electron chi connectivity index (χ3n) is 3.85. The summed E-state index contributed by atoms with van der Waals surface area (Å²) in [6.07, 6.45) is 2.98. The van der Waals surface area contributed by atoms with Gasteiger partial charge >= 0.3 is 0 Å². The summed E-state index contributed by atoms with van der Waals surface area (Å²) in [4.78, 5) is 16.2. The fourth-order valence-electron chi connectivity index (χ4n) is 2.68. The number of halogens is 3. The van der Waals surface area contributed by atoms with Gasteiger partial charge in [-0.25, -0.2) is 13.8 Å². The summed E-state index contributed by atoms with van der Waals surface area (Å²) in [5.74, 6) is -1.69. The van der Waals surface area contributed by atoms with Crippen LogP contribution in [0.15, 0.2) is 11.0 Å². The number of nitrogens with one attached hydrogen (secondary N) is 2.